The third-order valence-corrected chi connectivity index (χ3v) is 4.54. The number of nitrogens with one attached hydrogen (secondary N) is 3. The van der Waals surface area contributed by atoms with Crippen LogP contribution in [0.1, 0.15) is 21.5 Å². The summed E-state index contributed by atoms with van der Waals surface area (Å²) < 4.78 is 29.4. The number of aromatic nitrogens is 7. The number of rotatable bonds is 8. The number of para-hydroxylation sites is 1. The Morgan fingerprint density at radius 1 is 1.09 bits per heavy atom. The highest BCUT2D eigenvalue weighted by molar-refractivity contribution is 5.99. The molecule has 0 saturated heterocycles. The number of nitrogens with zero attached hydrogens (tertiary/aromatic N) is 7. The third-order valence-electron chi connectivity index (χ3n) is 4.54. The number of aryl methyl sites for hydroxylation is 1. The molecule has 0 aliphatic carbocycles. The Bertz CT molecular complexity index is 1360. The fourth-order valence-corrected chi connectivity index (χ4v) is 3.03. The van der Waals surface area contributed by atoms with Gasteiger partial charge in [0, 0.05) is 36.1 Å². The number of hydrogen-bond donors (Lipinski definition) is 3. The van der Waals surface area contributed by atoms with Crippen LogP contribution in [-0.4, -0.2) is 55.2 Å². The second-order valence-corrected chi connectivity index (χ2v) is 6.61. The van der Waals surface area contributed by atoms with Crippen molar-refractivity contribution in [1.82, 2.24) is 40.5 Å². The van der Waals surface area contributed by atoms with Crippen LogP contribution >= 0.6 is 0 Å². The van der Waals surface area contributed by atoms with Gasteiger partial charge in [0.15, 0.2) is 28.9 Å². The van der Waals surface area contributed by atoms with E-state index in [9.17, 15) is 4.79 Å². The zero-order valence-corrected chi connectivity index (χ0v) is 17.8. The lowest BCUT2D eigenvalue weighted by atomic mass is 10.1. The molecule has 4 rings (SSSR count). The molecule has 0 aliphatic heterocycles. The number of anilines is 4. The van der Waals surface area contributed by atoms with Gasteiger partial charge in [-0.25, -0.2) is 9.97 Å². The Morgan fingerprint density at radius 3 is 2.67 bits per heavy atom. The molecule has 0 spiro atoms. The van der Waals surface area contributed by atoms with Crippen molar-refractivity contribution < 1.29 is 13.6 Å². The van der Waals surface area contributed by atoms with Gasteiger partial charge in [0.05, 0.1) is 30.2 Å². The van der Waals surface area contributed by atoms with Crippen molar-refractivity contribution in [1.29, 1.82) is 0 Å². The van der Waals surface area contributed by atoms with Gasteiger partial charge in [-0.1, -0.05) is 11.3 Å². The monoisotopic (exact) mass is 449 g/mol. The summed E-state index contributed by atoms with van der Waals surface area (Å²) in [6.45, 7) is -0.169. The lowest BCUT2D eigenvalue weighted by Crippen LogP contribution is -2.21. The standard InChI is InChI=1S/C21H22N10O2/c1-4-31-12-17(28-30-31)26-16-11-15(18(29-27-16)21(32)22-2)25-14-8-5-7-13(19(14)33-3)20-23-9-6-10-24-20/h5-12H,4H2,1-3H3,(H,22,32)(H2,25,26,27)/i2D3. The van der Waals surface area contributed by atoms with Gasteiger partial charge in [-0.3, -0.25) is 9.48 Å². The Kier molecular flexibility index (Phi) is 5.28. The maximum absolute atomic E-state index is 12.7. The minimum atomic E-state index is -2.71. The molecule has 0 radical (unpaired) electrons. The second kappa shape index (κ2) is 9.68. The van der Waals surface area contributed by atoms with E-state index in [2.05, 4.69) is 41.1 Å². The van der Waals surface area contributed by atoms with E-state index >= 15 is 0 Å². The largest absolute Gasteiger partial charge is 0.494 e. The van der Waals surface area contributed by atoms with E-state index in [0.717, 1.165) is 0 Å². The van der Waals surface area contributed by atoms with Crippen LogP contribution in [0.3, 0.4) is 0 Å². The molecule has 0 saturated carbocycles. The first kappa shape index (κ1) is 18.0. The Balaban J connectivity index is 1.74. The molecule has 1 amide bonds. The molecular formula is C21H22N10O2. The predicted molar refractivity (Wildman–Crippen MR) is 122 cm³/mol. The molecular weight excluding hydrogens is 424 g/mol. The van der Waals surface area contributed by atoms with E-state index < -0.39 is 12.9 Å². The molecule has 12 nitrogen and oxygen atoms in total. The van der Waals surface area contributed by atoms with Crippen molar-refractivity contribution in [3.63, 3.8) is 0 Å². The van der Waals surface area contributed by atoms with E-state index in [1.807, 2.05) is 12.2 Å². The fraction of sp³-hybridized carbons (Fsp3) is 0.190. The van der Waals surface area contributed by atoms with Crippen LogP contribution in [0.4, 0.5) is 23.0 Å². The molecule has 0 atom stereocenters. The Labute approximate surface area is 193 Å². The topological polar surface area (TPSA) is 145 Å². The van der Waals surface area contributed by atoms with Gasteiger partial charge in [-0.2, -0.15) is 0 Å². The van der Waals surface area contributed by atoms with E-state index in [0.29, 0.717) is 35.2 Å². The molecule has 12 heteroatoms. The molecule has 168 valence electrons. The molecule has 0 bridgehead atoms. The number of hydrogen-bond acceptors (Lipinski definition) is 10. The highest BCUT2D eigenvalue weighted by Crippen LogP contribution is 2.37. The number of amides is 1. The third kappa shape index (κ3) is 4.69. The van der Waals surface area contributed by atoms with Gasteiger partial charge in [-0.05, 0) is 25.1 Å². The number of benzene rings is 1. The van der Waals surface area contributed by atoms with Crippen molar-refractivity contribution in [2.24, 2.45) is 0 Å². The summed E-state index contributed by atoms with van der Waals surface area (Å²) in [5.74, 6) is 0.566. The number of ether oxygens (including phenoxy) is 1. The number of methoxy groups -OCH3 is 1. The maximum atomic E-state index is 12.7. The highest BCUT2D eigenvalue weighted by Gasteiger charge is 2.18. The van der Waals surface area contributed by atoms with Crippen molar-refractivity contribution in [2.75, 3.05) is 24.7 Å². The Morgan fingerprint density at radius 2 is 1.94 bits per heavy atom. The zero-order valence-electron chi connectivity index (χ0n) is 20.8. The Hall–Kier alpha value is -4.61. The van der Waals surface area contributed by atoms with Crippen molar-refractivity contribution in [2.45, 2.75) is 13.5 Å². The van der Waals surface area contributed by atoms with Crippen LogP contribution in [0, 0.1) is 0 Å². The normalized spacial score (nSPS) is 12.2. The minimum absolute atomic E-state index is 0.168. The van der Waals surface area contributed by atoms with E-state index in [1.165, 1.54) is 13.2 Å². The van der Waals surface area contributed by atoms with Gasteiger partial charge in [0.2, 0.25) is 0 Å². The molecule has 3 aromatic heterocycles. The van der Waals surface area contributed by atoms with E-state index in [-0.39, 0.29) is 17.2 Å². The van der Waals surface area contributed by atoms with Crippen LogP contribution < -0.4 is 20.7 Å². The molecule has 0 unspecified atom stereocenters. The van der Waals surface area contributed by atoms with Crippen LogP contribution in [-0.2, 0) is 6.54 Å². The van der Waals surface area contributed by atoms with Crippen LogP contribution in [0.5, 0.6) is 5.75 Å². The minimum Gasteiger partial charge on any atom is -0.494 e. The van der Waals surface area contributed by atoms with Gasteiger partial charge in [-0.15, -0.1) is 15.3 Å². The molecule has 3 N–H and O–H groups in total. The molecule has 0 fully saturated rings. The van der Waals surface area contributed by atoms with Crippen molar-refractivity contribution >= 4 is 28.9 Å². The van der Waals surface area contributed by atoms with Crippen LogP contribution in [0.25, 0.3) is 11.4 Å². The predicted octanol–water partition coefficient (Wildman–Crippen LogP) is 2.40. The molecule has 33 heavy (non-hydrogen) atoms. The lowest BCUT2D eigenvalue weighted by molar-refractivity contribution is 0.0958. The van der Waals surface area contributed by atoms with Gasteiger partial charge in [0.1, 0.15) is 0 Å². The average molecular weight is 449 g/mol. The smallest absolute Gasteiger partial charge is 0.273 e. The summed E-state index contributed by atoms with van der Waals surface area (Å²) in [6.07, 6.45) is 4.90. The van der Waals surface area contributed by atoms with Crippen LogP contribution in [0.2, 0.25) is 0 Å². The summed E-state index contributed by atoms with van der Waals surface area (Å²) >= 11 is 0. The second-order valence-electron chi connectivity index (χ2n) is 6.61. The first-order valence-corrected chi connectivity index (χ1v) is 9.86. The molecule has 3 heterocycles. The summed E-state index contributed by atoms with van der Waals surface area (Å²) in [6, 6.07) is 8.46. The summed E-state index contributed by atoms with van der Waals surface area (Å²) in [5, 5.41) is 23.9. The SMILES string of the molecule is [2H]C([2H])([2H])NC(=O)c1nnc(Nc2cn(CC)nn2)cc1Nc1cccc(-c2ncccn2)c1OC. The first-order valence-electron chi connectivity index (χ1n) is 11.4. The molecule has 0 aliphatic rings. The quantitative estimate of drug-likeness (QED) is 0.367. The summed E-state index contributed by atoms with van der Waals surface area (Å²) in [5.41, 5.74) is 0.994. The molecule has 4 aromatic rings. The fourth-order valence-electron chi connectivity index (χ4n) is 3.03. The zero-order chi connectivity index (χ0) is 25.7. The number of carbonyl (C=O) groups is 1. The van der Waals surface area contributed by atoms with Gasteiger partial charge >= 0.3 is 0 Å². The average Bonchev–Trinajstić information content (AvgIpc) is 3.31. The lowest BCUT2D eigenvalue weighted by Gasteiger charge is -2.16. The van der Waals surface area contributed by atoms with Crippen molar-refractivity contribution in [3.8, 4) is 17.1 Å². The maximum Gasteiger partial charge on any atom is 0.273 e. The first-order chi connectivity index (χ1) is 17.3. The summed E-state index contributed by atoms with van der Waals surface area (Å²) in [7, 11) is 1.49. The summed E-state index contributed by atoms with van der Waals surface area (Å²) in [4.78, 5) is 21.3. The van der Waals surface area contributed by atoms with Crippen molar-refractivity contribution in [3.05, 3.63) is 54.6 Å². The highest BCUT2D eigenvalue weighted by atomic mass is 16.5. The van der Waals surface area contributed by atoms with Crippen LogP contribution in [0.15, 0.2) is 48.9 Å². The van der Waals surface area contributed by atoms with Gasteiger partial charge < -0.3 is 20.7 Å². The van der Waals surface area contributed by atoms with E-state index in [4.69, 9.17) is 8.85 Å². The molecule has 1 aromatic carbocycles. The number of carbonyl (C=O) groups excluding carboxylic acids is 1. The van der Waals surface area contributed by atoms with Gasteiger partial charge in [0.25, 0.3) is 5.91 Å². The van der Waals surface area contributed by atoms with E-state index in [1.54, 1.807) is 47.5 Å².